The number of aromatic nitrogens is 1. The Kier molecular flexibility index (Phi) is 4.09. The van der Waals surface area contributed by atoms with Gasteiger partial charge in [-0.3, -0.25) is 0 Å². The van der Waals surface area contributed by atoms with Crippen molar-refractivity contribution >= 4 is 9.84 Å². The lowest BCUT2D eigenvalue weighted by molar-refractivity contribution is -0.0435. The summed E-state index contributed by atoms with van der Waals surface area (Å²) in [6.07, 6.45) is 0.930. The quantitative estimate of drug-likeness (QED) is 0.806. The SMILES string of the molecule is Cc1cnc(F)c(S(=O)(=O)CC2CCC(F)(F)CC2)c1. The van der Waals surface area contributed by atoms with Gasteiger partial charge in [-0.05, 0) is 37.3 Å². The average molecular weight is 307 g/mol. The first-order valence-electron chi connectivity index (χ1n) is 6.42. The van der Waals surface area contributed by atoms with Gasteiger partial charge in [0.05, 0.1) is 5.75 Å². The molecule has 0 bridgehead atoms. The van der Waals surface area contributed by atoms with Gasteiger partial charge in [0.2, 0.25) is 11.9 Å². The van der Waals surface area contributed by atoms with Crippen LogP contribution in [0.5, 0.6) is 0 Å². The lowest BCUT2D eigenvalue weighted by atomic mass is 9.88. The van der Waals surface area contributed by atoms with Crippen molar-refractivity contribution in [3.05, 3.63) is 23.8 Å². The molecule has 1 aliphatic rings. The maximum atomic E-state index is 13.5. The van der Waals surface area contributed by atoms with Gasteiger partial charge in [-0.1, -0.05) is 0 Å². The summed E-state index contributed by atoms with van der Waals surface area (Å²) in [6, 6.07) is 1.23. The van der Waals surface area contributed by atoms with Crippen LogP contribution in [-0.4, -0.2) is 25.1 Å². The summed E-state index contributed by atoms with van der Waals surface area (Å²) in [4.78, 5) is 2.96. The van der Waals surface area contributed by atoms with Crippen LogP contribution in [0.3, 0.4) is 0 Å². The molecule has 0 unspecified atom stereocenters. The lowest BCUT2D eigenvalue weighted by Crippen LogP contribution is -2.28. The Labute approximate surface area is 116 Å². The number of pyridine rings is 1. The molecule has 1 aliphatic carbocycles. The van der Waals surface area contributed by atoms with Crippen LogP contribution in [0.15, 0.2) is 17.2 Å². The number of hydrogen-bond acceptors (Lipinski definition) is 3. The van der Waals surface area contributed by atoms with Crippen molar-refractivity contribution in [3.63, 3.8) is 0 Å². The fourth-order valence-corrected chi connectivity index (χ4v) is 4.22. The van der Waals surface area contributed by atoms with Crippen molar-refractivity contribution in [1.82, 2.24) is 4.98 Å². The molecule has 0 spiro atoms. The normalized spacial score (nSPS) is 20.0. The number of halogens is 3. The zero-order valence-electron chi connectivity index (χ0n) is 11.1. The van der Waals surface area contributed by atoms with Gasteiger partial charge < -0.3 is 0 Å². The van der Waals surface area contributed by atoms with Gasteiger partial charge in [-0.15, -0.1) is 0 Å². The van der Waals surface area contributed by atoms with Crippen LogP contribution >= 0.6 is 0 Å². The average Bonchev–Trinajstić information content (AvgIpc) is 2.35. The smallest absolute Gasteiger partial charge is 0.227 e. The van der Waals surface area contributed by atoms with E-state index in [2.05, 4.69) is 4.98 Å². The van der Waals surface area contributed by atoms with Gasteiger partial charge in [0.1, 0.15) is 4.90 Å². The van der Waals surface area contributed by atoms with Gasteiger partial charge >= 0.3 is 0 Å². The Morgan fingerprint density at radius 1 is 1.35 bits per heavy atom. The molecule has 0 saturated heterocycles. The van der Waals surface area contributed by atoms with E-state index in [0.29, 0.717) is 5.56 Å². The molecule has 0 radical (unpaired) electrons. The number of nitrogens with zero attached hydrogens (tertiary/aromatic N) is 1. The minimum absolute atomic E-state index is 0.146. The largest absolute Gasteiger partial charge is 0.248 e. The molecule has 0 amide bonds. The van der Waals surface area contributed by atoms with E-state index >= 15 is 0 Å². The second-order valence-electron chi connectivity index (χ2n) is 5.38. The monoisotopic (exact) mass is 307 g/mol. The molecule has 1 aromatic heterocycles. The molecule has 1 saturated carbocycles. The third-order valence-electron chi connectivity index (χ3n) is 3.57. The van der Waals surface area contributed by atoms with Gasteiger partial charge in [0.15, 0.2) is 9.84 Å². The Morgan fingerprint density at radius 3 is 2.55 bits per heavy atom. The molecular formula is C13H16F3NO2S. The summed E-state index contributed by atoms with van der Waals surface area (Å²) in [6.45, 7) is 1.62. The maximum absolute atomic E-state index is 13.5. The Bertz CT molecular complexity index is 592. The van der Waals surface area contributed by atoms with E-state index in [1.54, 1.807) is 6.92 Å². The molecule has 0 aliphatic heterocycles. The summed E-state index contributed by atoms with van der Waals surface area (Å²) >= 11 is 0. The van der Waals surface area contributed by atoms with Crippen LogP contribution in [0.2, 0.25) is 0 Å². The van der Waals surface area contributed by atoms with Crippen molar-refractivity contribution in [3.8, 4) is 0 Å². The molecule has 0 atom stereocenters. The summed E-state index contributed by atoms with van der Waals surface area (Å²) in [5, 5.41) is 0. The predicted molar refractivity (Wildman–Crippen MR) is 67.9 cm³/mol. The zero-order chi connectivity index (χ0) is 15.0. The van der Waals surface area contributed by atoms with E-state index in [1.807, 2.05) is 0 Å². The number of hydrogen-bond donors (Lipinski definition) is 0. The van der Waals surface area contributed by atoms with E-state index in [0.717, 1.165) is 0 Å². The highest BCUT2D eigenvalue weighted by Gasteiger charge is 2.37. The van der Waals surface area contributed by atoms with Crippen LogP contribution in [-0.2, 0) is 9.84 Å². The third kappa shape index (κ3) is 3.50. The molecule has 7 heteroatoms. The molecule has 3 nitrogen and oxygen atoms in total. The van der Waals surface area contributed by atoms with Crippen LogP contribution in [0.25, 0.3) is 0 Å². The van der Waals surface area contributed by atoms with Crippen molar-refractivity contribution in [2.45, 2.75) is 43.4 Å². The molecule has 112 valence electrons. The topological polar surface area (TPSA) is 47.0 Å². The minimum atomic E-state index is -3.83. The molecule has 1 heterocycles. The summed E-state index contributed by atoms with van der Waals surface area (Å²) in [5.74, 6) is -4.38. The fraction of sp³-hybridized carbons (Fsp3) is 0.615. The van der Waals surface area contributed by atoms with Crippen molar-refractivity contribution in [1.29, 1.82) is 0 Å². The molecule has 2 rings (SSSR count). The second-order valence-corrected chi connectivity index (χ2v) is 7.39. The van der Waals surface area contributed by atoms with Crippen molar-refractivity contribution in [2.24, 2.45) is 5.92 Å². The Balaban J connectivity index is 2.14. The van der Waals surface area contributed by atoms with E-state index in [1.165, 1.54) is 12.3 Å². The molecule has 0 N–H and O–H groups in total. The van der Waals surface area contributed by atoms with E-state index in [9.17, 15) is 21.6 Å². The molecule has 0 aromatic carbocycles. The first-order chi connectivity index (χ1) is 9.20. The van der Waals surface area contributed by atoms with Gasteiger partial charge in [-0.2, -0.15) is 4.39 Å². The van der Waals surface area contributed by atoms with Gasteiger partial charge in [0.25, 0.3) is 0 Å². The summed E-state index contributed by atoms with van der Waals surface area (Å²) < 4.78 is 63.9. The molecule has 1 aromatic rings. The summed E-state index contributed by atoms with van der Waals surface area (Å²) in [7, 11) is -3.83. The first-order valence-corrected chi connectivity index (χ1v) is 8.08. The minimum Gasteiger partial charge on any atom is -0.227 e. The third-order valence-corrected chi connectivity index (χ3v) is 5.44. The van der Waals surface area contributed by atoms with E-state index in [-0.39, 0.29) is 37.4 Å². The number of alkyl halides is 2. The standard InChI is InChI=1S/C13H16F3NO2S/c1-9-6-11(12(14)17-7-9)20(18,19)8-10-2-4-13(15,16)5-3-10/h6-7,10H,2-5,8H2,1H3. The van der Waals surface area contributed by atoms with Crippen molar-refractivity contribution < 1.29 is 21.6 Å². The highest BCUT2D eigenvalue weighted by molar-refractivity contribution is 7.91. The van der Waals surface area contributed by atoms with Crippen LogP contribution < -0.4 is 0 Å². The Hall–Kier alpha value is -1.11. The van der Waals surface area contributed by atoms with Crippen molar-refractivity contribution in [2.75, 3.05) is 5.75 Å². The summed E-state index contributed by atoms with van der Waals surface area (Å²) in [5.41, 5.74) is 0.542. The van der Waals surface area contributed by atoms with Crippen LogP contribution in [0.1, 0.15) is 31.2 Å². The highest BCUT2D eigenvalue weighted by Crippen LogP contribution is 2.37. The van der Waals surface area contributed by atoms with Crippen LogP contribution in [0.4, 0.5) is 13.2 Å². The lowest BCUT2D eigenvalue weighted by Gasteiger charge is -2.27. The molecule has 1 fully saturated rings. The van der Waals surface area contributed by atoms with Gasteiger partial charge in [0, 0.05) is 19.0 Å². The Morgan fingerprint density at radius 2 is 1.95 bits per heavy atom. The fourth-order valence-electron chi connectivity index (χ4n) is 2.41. The second kappa shape index (κ2) is 5.35. The predicted octanol–water partition coefficient (Wildman–Crippen LogP) is 3.13. The van der Waals surface area contributed by atoms with Crippen LogP contribution in [0, 0.1) is 18.8 Å². The number of rotatable bonds is 3. The van der Waals surface area contributed by atoms with E-state index in [4.69, 9.17) is 0 Å². The van der Waals surface area contributed by atoms with Gasteiger partial charge in [-0.25, -0.2) is 22.2 Å². The maximum Gasteiger partial charge on any atom is 0.248 e. The van der Waals surface area contributed by atoms with E-state index < -0.39 is 26.6 Å². The molecular weight excluding hydrogens is 291 g/mol. The highest BCUT2D eigenvalue weighted by atomic mass is 32.2. The molecule has 20 heavy (non-hydrogen) atoms. The number of aryl methyl sites for hydroxylation is 1. The first kappa shape index (κ1) is 15.3. The zero-order valence-corrected chi connectivity index (χ0v) is 11.9. The number of sulfone groups is 1.